The zero-order chi connectivity index (χ0) is 31.7. The summed E-state index contributed by atoms with van der Waals surface area (Å²) < 4.78 is 41.7. The maximum atomic E-state index is 14.9. The number of halogens is 2. The van der Waals surface area contributed by atoms with Crippen LogP contribution in [0, 0.1) is 12.7 Å². The molecular formula is C34H41ClFN3O4S. The van der Waals surface area contributed by atoms with Gasteiger partial charge in [-0.1, -0.05) is 85.5 Å². The van der Waals surface area contributed by atoms with Gasteiger partial charge in [-0.05, 0) is 55.5 Å². The van der Waals surface area contributed by atoms with Crippen molar-refractivity contribution in [3.8, 4) is 0 Å². The number of nitrogens with one attached hydrogen (secondary N) is 1. The fraction of sp³-hybridized carbons (Fsp3) is 0.412. The molecule has 1 aliphatic rings. The van der Waals surface area contributed by atoms with Crippen molar-refractivity contribution in [1.29, 1.82) is 0 Å². The fourth-order valence-corrected chi connectivity index (χ4v) is 6.92. The molecule has 44 heavy (non-hydrogen) atoms. The van der Waals surface area contributed by atoms with Crippen molar-refractivity contribution < 1.29 is 22.4 Å². The monoisotopic (exact) mass is 641 g/mol. The van der Waals surface area contributed by atoms with Crippen LogP contribution in [-0.2, 0) is 32.6 Å². The molecule has 0 bridgehead atoms. The first-order valence-corrected chi connectivity index (χ1v) is 17.4. The molecule has 1 N–H and O–H groups in total. The van der Waals surface area contributed by atoms with E-state index in [4.69, 9.17) is 11.6 Å². The molecule has 7 nitrogen and oxygen atoms in total. The van der Waals surface area contributed by atoms with Crippen molar-refractivity contribution in [2.45, 2.75) is 76.9 Å². The molecular weight excluding hydrogens is 601 g/mol. The van der Waals surface area contributed by atoms with E-state index in [0.717, 1.165) is 49.5 Å². The van der Waals surface area contributed by atoms with Gasteiger partial charge in [0.1, 0.15) is 11.9 Å². The van der Waals surface area contributed by atoms with Crippen LogP contribution in [0.25, 0.3) is 0 Å². The van der Waals surface area contributed by atoms with Gasteiger partial charge in [-0.25, -0.2) is 12.8 Å². The summed E-state index contributed by atoms with van der Waals surface area (Å²) in [6, 6.07) is 19.9. The van der Waals surface area contributed by atoms with Gasteiger partial charge < -0.3 is 10.2 Å². The number of aryl methyl sites for hydroxylation is 1. The molecule has 4 rings (SSSR count). The average Bonchev–Trinajstić information content (AvgIpc) is 2.99. The standard InChI is InChI=1S/C34H41ClFN3O4S/c1-25-19-20-28(35)23-31(25)39(44(2,42)43)21-11-18-33(40)38(24-27-14-9-10-17-30(27)36)32(22-26-12-5-3-6-13-26)34(41)37-29-15-7-4-8-16-29/h3,5-6,9-10,12-14,17,19-20,23,29,32H,4,7-8,11,15-16,18,21-22,24H2,1-2H3,(H,37,41)/t32-/m0/s1. The number of rotatable bonds is 13. The number of sulfonamides is 1. The second-order valence-electron chi connectivity index (χ2n) is 11.5. The first kappa shape index (κ1) is 33.5. The minimum absolute atomic E-state index is 0.0317. The number of anilines is 1. The van der Waals surface area contributed by atoms with Crippen LogP contribution in [0.5, 0.6) is 0 Å². The van der Waals surface area contributed by atoms with Crippen LogP contribution in [-0.4, -0.2) is 50.0 Å². The zero-order valence-corrected chi connectivity index (χ0v) is 26.9. The zero-order valence-electron chi connectivity index (χ0n) is 25.3. The number of carbonyl (C=O) groups is 2. The molecule has 0 saturated heterocycles. The number of hydrogen-bond donors (Lipinski definition) is 1. The highest BCUT2D eigenvalue weighted by molar-refractivity contribution is 7.92. The minimum atomic E-state index is -3.68. The number of amides is 2. The van der Waals surface area contributed by atoms with Crippen LogP contribution in [0.15, 0.2) is 72.8 Å². The van der Waals surface area contributed by atoms with Gasteiger partial charge in [0, 0.05) is 42.6 Å². The Hall–Kier alpha value is -3.43. The average molecular weight is 642 g/mol. The Bertz CT molecular complexity index is 1530. The maximum Gasteiger partial charge on any atom is 0.243 e. The minimum Gasteiger partial charge on any atom is -0.352 e. The Kier molecular flexibility index (Phi) is 11.8. The molecule has 0 aromatic heterocycles. The lowest BCUT2D eigenvalue weighted by molar-refractivity contribution is -0.141. The highest BCUT2D eigenvalue weighted by Gasteiger charge is 2.32. The largest absolute Gasteiger partial charge is 0.352 e. The van der Waals surface area contributed by atoms with Gasteiger partial charge in [0.15, 0.2) is 0 Å². The van der Waals surface area contributed by atoms with Gasteiger partial charge in [0.25, 0.3) is 0 Å². The highest BCUT2D eigenvalue weighted by atomic mass is 35.5. The summed E-state index contributed by atoms with van der Waals surface area (Å²) in [6.45, 7) is 1.74. The smallest absolute Gasteiger partial charge is 0.243 e. The maximum absolute atomic E-state index is 14.9. The van der Waals surface area contributed by atoms with E-state index in [2.05, 4.69) is 5.32 Å². The van der Waals surface area contributed by atoms with Crippen molar-refractivity contribution in [2.75, 3.05) is 17.1 Å². The normalized spacial score (nSPS) is 14.5. The van der Waals surface area contributed by atoms with Gasteiger partial charge >= 0.3 is 0 Å². The Morgan fingerprint density at radius 1 is 1.00 bits per heavy atom. The molecule has 2 amide bonds. The van der Waals surface area contributed by atoms with Gasteiger partial charge in [-0.2, -0.15) is 0 Å². The predicted molar refractivity (Wildman–Crippen MR) is 174 cm³/mol. The Labute approximate surface area is 265 Å². The SMILES string of the molecule is Cc1ccc(Cl)cc1N(CCCC(=O)N(Cc1ccccc1F)[C@@H](Cc1ccccc1)C(=O)NC1CCCCC1)S(C)(=O)=O. The number of hydrogen-bond acceptors (Lipinski definition) is 4. The van der Waals surface area contributed by atoms with Crippen LogP contribution >= 0.6 is 11.6 Å². The Balaban J connectivity index is 1.61. The molecule has 1 fully saturated rings. The summed E-state index contributed by atoms with van der Waals surface area (Å²) in [7, 11) is -3.68. The molecule has 3 aromatic carbocycles. The molecule has 236 valence electrons. The Morgan fingerprint density at radius 3 is 2.36 bits per heavy atom. The van der Waals surface area contributed by atoms with Crippen LogP contribution in [0.1, 0.15) is 61.6 Å². The second kappa shape index (κ2) is 15.5. The van der Waals surface area contributed by atoms with Crippen molar-refractivity contribution in [3.05, 3.63) is 100 Å². The molecule has 0 heterocycles. The van der Waals surface area contributed by atoms with Crippen LogP contribution in [0.4, 0.5) is 10.1 Å². The van der Waals surface area contributed by atoms with Gasteiger partial charge in [0.2, 0.25) is 21.8 Å². The summed E-state index contributed by atoms with van der Waals surface area (Å²) in [4.78, 5) is 29.4. The molecule has 1 saturated carbocycles. The summed E-state index contributed by atoms with van der Waals surface area (Å²) >= 11 is 6.18. The van der Waals surface area contributed by atoms with E-state index >= 15 is 0 Å². The third kappa shape index (κ3) is 9.29. The van der Waals surface area contributed by atoms with E-state index in [1.165, 1.54) is 15.3 Å². The summed E-state index contributed by atoms with van der Waals surface area (Å²) in [5.74, 6) is -1.09. The third-order valence-corrected chi connectivity index (χ3v) is 9.53. The Morgan fingerprint density at radius 2 is 1.68 bits per heavy atom. The van der Waals surface area contributed by atoms with E-state index in [-0.39, 0.29) is 50.2 Å². The van der Waals surface area contributed by atoms with E-state index in [0.29, 0.717) is 16.3 Å². The number of carbonyl (C=O) groups excluding carboxylic acids is 2. The molecule has 3 aromatic rings. The van der Waals surface area contributed by atoms with Crippen LogP contribution in [0.3, 0.4) is 0 Å². The lowest BCUT2D eigenvalue weighted by Gasteiger charge is -2.34. The molecule has 0 radical (unpaired) electrons. The van der Waals surface area contributed by atoms with E-state index < -0.39 is 21.9 Å². The summed E-state index contributed by atoms with van der Waals surface area (Å²) in [5.41, 5.74) is 2.36. The predicted octanol–water partition coefficient (Wildman–Crippen LogP) is 6.42. The van der Waals surface area contributed by atoms with Crippen molar-refractivity contribution in [2.24, 2.45) is 0 Å². The summed E-state index contributed by atoms with van der Waals surface area (Å²) in [6.07, 6.45) is 6.50. The van der Waals surface area contributed by atoms with Crippen molar-refractivity contribution >= 4 is 39.1 Å². The van der Waals surface area contributed by atoms with E-state index in [9.17, 15) is 22.4 Å². The summed E-state index contributed by atoms with van der Waals surface area (Å²) in [5, 5.41) is 3.58. The van der Waals surface area contributed by atoms with Crippen molar-refractivity contribution in [3.63, 3.8) is 0 Å². The topological polar surface area (TPSA) is 86.8 Å². The highest BCUT2D eigenvalue weighted by Crippen LogP contribution is 2.27. The van der Waals surface area contributed by atoms with Gasteiger partial charge in [0.05, 0.1) is 11.9 Å². The molecule has 1 aliphatic carbocycles. The van der Waals surface area contributed by atoms with Crippen molar-refractivity contribution in [1.82, 2.24) is 10.2 Å². The van der Waals surface area contributed by atoms with Crippen LogP contribution < -0.4 is 9.62 Å². The number of nitrogens with zero attached hydrogens (tertiary/aromatic N) is 2. The van der Waals surface area contributed by atoms with Gasteiger partial charge in [-0.3, -0.25) is 13.9 Å². The number of benzene rings is 3. The van der Waals surface area contributed by atoms with Gasteiger partial charge in [-0.15, -0.1) is 0 Å². The molecule has 0 aliphatic heterocycles. The quantitative estimate of drug-likeness (QED) is 0.233. The van der Waals surface area contributed by atoms with E-state index in [1.807, 2.05) is 30.3 Å². The lowest BCUT2D eigenvalue weighted by Crippen LogP contribution is -2.53. The fourth-order valence-electron chi connectivity index (χ4n) is 5.74. The molecule has 1 atom stereocenters. The molecule has 10 heteroatoms. The first-order valence-electron chi connectivity index (χ1n) is 15.1. The molecule has 0 unspecified atom stereocenters. The third-order valence-electron chi connectivity index (χ3n) is 8.11. The van der Waals surface area contributed by atoms with E-state index in [1.54, 1.807) is 43.3 Å². The second-order valence-corrected chi connectivity index (χ2v) is 13.9. The first-order chi connectivity index (χ1) is 21.0. The van der Waals surface area contributed by atoms with Crippen LogP contribution in [0.2, 0.25) is 5.02 Å². The lowest BCUT2D eigenvalue weighted by atomic mass is 9.94. The molecule has 0 spiro atoms.